The zero-order valence-electron chi connectivity index (χ0n) is 8.07. The van der Waals surface area contributed by atoms with Crippen molar-refractivity contribution in [3.63, 3.8) is 0 Å². The second-order valence-corrected chi connectivity index (χ2v) is 3.50. The molecule has 1 atom stereocenters. The van der Waals surface area contributed by atoms with Crippen LogP contribution in [-0.2, 0) is 0 Å². The summed E-state index contributed by atoms with van der Waals surface area (Å²) in [7, 11) is 1.92. The van der Waals surface area contributed by atoms with Gasteiger partial charge in [0.05, 0.1) is 0 Å². The van der Waals surface area contributed by atoms with Crippen LogP contribution in [0.3, 0.4) is 0 Å². The van der Waals surface area contributed by atoms with E-state index < -0.39 is 0 Å². The second kappa shape index (κ2) is 5.30. The molecule has 0 spiro atoms. The van der Waals surface area contributed by atoms with Crippen LogP contribution in [0.4, 0.5) is 0 Å². The Morgan fingerprint density at radius 2 is 1.91 bits per heavy atom. The third-order valence-corrected chi connectivity index (χ3v) is 1.90. The lowest BCUT2D eigenvalue weighted by molar-refractivity contribution is 0.511. The minimum atomic E-state index is 0.289. The molecule has 0 aromatic carbocycles. The van der Waals surface area contributed by atoms with E-state index in [1.165, 1.54) is 6.42 Å². The van der Waals surface area contributed by atoms with Gasteiger partial charge in [0.15, 0.2) is 0 Å². The molecule has 0 saturated carbocycles. The Kier molecular flexibility index (Phi) is 5.12. The summed E-state index contributed by atoms with van der Waals surface area (Å²) < 4.78 is 0. The molecule has 2 nitrogen and oxygen atoms in total. The highest BCUT2D eigenvalue weighted by Gasteiger charge is 2.07. The van der Waals surface area contributed by atoms with Crippen LogP contribution in [0.2, 0.25) is 0 Å². The summed E-state index contributed by atoms with van der Waals surface area (Å²) in [4.78, 5) is 0. The highest BCUT2D eigenvalue weighted by Crippen LogP contribution is 2.06. The fraction of sp³-hybridized carbons (Fsp3) is 0.889. The predicted molar refractivity (Wildman–Crippen MR) is 50.3 cm³/mol. The molecule has 1 unspecified atom stereocenters. The molecule has 0 aromatic rings. The molecule has 0 aromatic heterocycles. The van der Waals surface area contributed by atoms with Crippen molar-refractivity contribution >= 4 is 5.71 Å². The predicted octanol–water partition coefficient (Wildman–Crippen LogP) is 2.05. The van der Waals surface area contributed by atoms with Gasteiger partial charge in [0.2, 0.25) is 0 Å². The van der Waals surface area contributed by atoms with E-state index >= 15 is 0 Å². The van der Waals surface area contributed by atoms with E-state index in [1.807, 2.05) is 14.0 Å². The number of rotatable bonds is 5. The number of hydrogen-bond acceptors (Lipinski definition) is 2. The quantitative estimate of drug-likeness (QED) is 0.587. The molecule has 0 heterocycles. The average molecular weight is 156 g/mol. The van der Waals surface area contributed by atoms with Gasteiger partial charge in [0.1, 0.15) is 0 Å². The molecular weight excluding hydrogens is 136 g/mol. The van der Waals surface area contributed by atoms with Crippen LogP contribution >= 0.6 is 0 Å². The molecule has 0 aliphatic heterocycles. The summed E-state index contributed by atoms with van der Waals surface area (Å²) in [5.74, 6) is 0.741. The summed E-state index contributed by atoms with van der Waals surface area (Å²) in [6, 6.07) is 0.289. The molecule has 66 valence electrons. The lowest BCUT2D eigenvalue weighted by Gasteiger charge is -2.15. The number of hydrogen-bond donors (Lipinski definition) is 2. The van der Waals surface area contributed by atoms with E-state index in [4.69, 9.17) is 5.41 Å². The fourth-order valence-corrected chi connectivity index (χ4v) is 1.08. The van der Waals surface area contributed by atoms with Gasteiger partial charge in [-0.3, -0.25) is 0 Å². The monoisotopic (exact) mass is 156 g/mol. The van der Waals surface area contributed by atoms with Crippen molar-refractivity contribution in [3.8, 4) is 0 Å². The summed E-state index contributed by atoms with van der Waals surface area (Å²) in [6.07, 6.45) is 2.28. The van der Waals surface area contributed by atoms with E-state index in [2.05, 4.69) is 19.2 Å². The van der Waals surface area contributed by atoms with Crippen molar-refractivity contribution in [2.45, 2.75) is 39.7 Å². The molecule has 2 N–H and O–H groups in total. The highest BCUT2D eigenvalue weighted by molar-refractivity contribution is 5.84. The molecule has 0 aliphatic carbocycles. The van der Waals surface area contributed by atoms with Crippen molar-refractivity contribution in [1.82, 2.24) is 5.32 Å². The van der Waals surface area contributed by atoms with Crippen molar-refractivity contribution in [2.75, 3.05) is 7.05 Å². The Morgan fingerprint density at radius 3 is 2.18 bits per heavy atom. The molecule has 0 radical (unpaired) electrons. The van der Waals surface area contributed by atoms with Crippen LogP contribution in [0.25, 0.3) is 0 Å². The molecule has 0 bridgehead atoms. The topological polar surface area (TPSA) is 35.9 Å². The van der Waals surface area contributed by atoms with Crippen molar-refractivity contribution in [3.05, 3.63) is 0 Å². The minimum absolute atomic E-state index is 0.289. The zero-order chi connectivity index (χ0) is 8.85. The van der Waals surface area contributed by atoms with E-state index in [1.54, 1.807) is 0 Å². The molecule has 2 heteroatoms. The van der Waals surface area contributed by atoms with Crippen LogP contribution in [0.15, 0.2) is 0 Å². The third kappa shape index (κ3) is 4.96. The van der Waals surface area contributed by atoms with Gasteiger partial charge < -0.3 is 10.7 Å². The number of nitrogens with one attached hydrogen (secondary N) is 2. The molecule has 0 aliphatic rings. The van der Waals surface area contributed by atoms with Gasteiger partial charge in [-0.25, -0.2) is 0 Å². The van der Waals surface area contributed by atoms with Crippen molar-refractivity contribution < 1.29 is 0 Å². The van der Waals surface area contributed by atoms with E-state index in [0.29, 0.717) is 0 Å². The van der Waals surface area contributed by atoms with Gasteiger partial charge in [-0.15, -0.1) is 0 Å². The summed E-state index contributed by atoms with van der Waals surface area (Å²) in [5.41, 5.74) is 0.744. The smallest absolute Gasteiger partial charge is 0.0442 e. The van der Waals surface area contributed by atoms with E-state index in [-0.39, 0.29) is 6.04 Å². The van der Waals surface area contributed by atoms with Crippen LogP contribution < -0.4 is 5.32 Å². The Balaban J connectivity index is 3.61. The third-order valence-electron chi connectivity index (χ3n) is 1.90. The molecule has 0 rings (SSSR count). The first-order chi connectivity index (χ1) is 5.07. The van der Waals surface area contributed by atoms with Gasteiger partial charge in [-0.1, -0.05) is 13.8 Å². The first-order valence-electron chi connectivity index (χ1n) is 4.30. The standard InChI is InChI=1S/C9H20N2/c1-7(2)5-6-9(11-4)8(3)10/h7,9-11H,5-6H2,1-4H3. The van der Waals surface area contributed by atoms with Crippen LogP contribution in [0.1, 0.15) is 33.6 Å². The SMILES string of the molecule is CNC(CCC(C)C)C(C)=N. The Labute approximate surface area is 69.9 Å². The van der Waals surface area contributed by atoms with Gasteiger partial charge >= 0.3 is 0 Å². The van der Waals surface area contributed by atoms with Crippen molar-refractivity contribution in [1.29, 1.82) is 5.41 Å². The molecule has 0 amide bonds. The zero-order valence-corrected chi connectivity index (χ0v) is 8.07. The first-order valence-corrected chi connectivity index (χ1v) is 4.30. The lowest BCUT2D eigenvalue weighted by atomic mass is 10.0. The lowest BCUT2D eigenvalue weighted by Crippen LogP contribution is -2.31. The maximum Gasteiger partial charge on any atom is 0.0442 e. The van der Waals surface area contributed by atoms with Crippen LogP contribution in [-0.4, -0.2) is 18.8 Å². The average Bonchev–Trinajstić information content (AvgIpc) is 1.87. The highest BCUT2D eigenvalue weighted by atomic mass is 14.9. The van der Waals surface area contributed by atoms with E-state index in [0.717, 1.165) is 18.1 Å². The molecule has 0 fully saturated rings. The van der Waals surface area contributed by atoms with Gasteiger partial charge in [-0.2, -0.15) is 0 Å². The molecule has 0 saturated heterocycles. The van der Waals surface area contributed by atoms with Crippen LogP contribution in [0, 0.1) is 11.3 Å². The largest absolute Gasteiger partial charge is 0.312 e. The summed E-state index contributed by atoms with van der Waals surface area (Å²) >= 11 is 0. The molecular formula is C9H20N2. The maximum absolute atomic E-state index is 7.43. The van der Waals surface area contributed by atoms with Crippen LogP contribution in [0.5, 0.6) is 0 Å². The molecule has 11 heavy (non-hydrogen) atoms. The Bertz CT molecular complexity index is 119. The van der Waals surface area contributed by atoms with Gasteiger partial charge in [0.25, 0.3) is 0 Å². The van der Waals surface area contributed by atoms with Crippen molar-refractivity contribution in [2.24, 2.45) is 5.92 Å². The maximum atomic E-state index is 7.43. The summed E-state index contributed by atoms with van der Waals surface area (Å²) in [5, 5.41) is 10.6. The van der Waals surface area contributed by atoms with Gasteiger partial charge in [-0.05, 0) is 32.7 Å². The fourth-order valence-electron chi connectivity index (χ4n) is 1.08. The summed E-state index contributed by atoms with van der Waals surface area (Å²) in [6.45, 7) is 6.29. The van der Waals surface area contributed by atoms with Gasteiger partial charge in [0, 0.05) is 11.8 Å². The first kappa shape index (κ1) is 10.6. The normalized spacial score (nSPS) is 13.5. The Morgan fingerprint density at radius 1 is 1.36 bits per heavy atom. The van der Waals surface area contributed by atoms with E-state index in [9.17, 15) is 0 Å². The second-order valence-electron chi connectivity index (χ2n) is 3.50. The Hall–Kier alpha value is -0.370. The minimum Gasteiger partial charge on any atom is -0.312 e.